The summed E-state index contributed by atoms with van der Waals surface area (Å²) in [7, 11) is 0. The number of amides is 1. The second-order valence-electron chi connectivity index (χ2n) is 8.22. The maximum atomic E-state index is 12.9. The number of fused-ring (bicyclic) bond motifs is 1. The number of hydrogen-bond donors (Lipinski definition) is 1. The smallest absolute Gasteiger partial charge is 0.287 e. The molecule has 0 saturated carbocycles. The first-order chi connectivity index (χ1) is 14.9. The van der Waals surface area contributed by atoms with Crippen LogP contribution < -0.4 is 10.7 Å². The second-order valence-corrected chi connectivity index (χ2v) is 8.22. The van der Waals surface area contributed by atoms with E-state index in [2.05, 4.69) is 41.4 Å². The molecule has 1 saturated heterocycles. The Morgan fingerprint density at radius 1 is 1.03 bits per heavy atom. The van der Waals surface area contributed by atoms with Crippen molar-refractivity contribution in [1.29, 1.82) is 0 Å². The SMILES string of the molecule is Cc1ccc([C@H](CNC(=O)c2cc(=O)c3cc(C)cc(C)c3o2)N2CCOCC2)cc1. The Labute approximate surface area is 181 Å². The third-order valence-corrected chi connectivity index (χ3v) is 5.79. The second kappa shape index (κ2) is 9.04. The number of carbonyl (C=O) groups is 1. The molecule has 162 valence electrons. The van der Waals surface area contributed by atoms with Gasteiger partial charge in [-0.25, -0.2) is 0 Å². The zero-order valence-corrected chi connectivity index (χ0v) is 18.2. The Morgan fingerprint density at radius 2 is 1.74 bits per heavy atom. The van der Waals surface area contributed by atoms with Crippen LogP contribution >= 0.6 is 0 Å². The van der Waals surface area contributed by atoms with E-state index >= 15 is 0 Å². The van der Waals surface area contributed by atoms with Gasteiger partial charge in [0.05, 0.1) is 24.6 Å². The van der Waals surface area contributed by atoms with Crippen molar-refractivity contribution in [2.45, 2.75) is 26.8 Å². The molecule has 2 heterocycles. The van der Waals surface area contributed by atoms with Crippen LogP contribution in [0.4, 0.5) is 0 Å². The molecule has 1 aliphatic heterocycles. The lowest BCUT2D eigenvalue weighted by atomic mass is 10.0. The molecule has 1 aliphatic rings. The molecule has 0 unspecified atom stereocenters. The Hall–Kier alpha value is -2.96. The van der Waals surface area contributed by atoms with Crippen LogP contribution in [0.15, 0.2) is 51.7 Å². The summed E-state index contributed by atoms with van der Waals surface area (Å²) in [6, 6.07) is 13.4. The first kappa shape index (κ1) is 21.3. The molecular formula is C25H28N2O4. The molecule has 1 N–H and O–H groups in total. The van der Waals surface area contributed by atoms with Gasteiger partial charge in [-0.05, 0) is 43.5 Å². The lowest BCUT2D eigenvalue weighted by Crippen LogP contribution is -2.43. The van der Waals surface area contributed by atoms with Crippen LogP contribution in [0.3, 0.4) is 0 Å². The van der Waals surface area contributed by atoms with Gasteiger partial charge in [-0.3, -0.25) is 14.5 Å². The minimum absolute atomic E-state index is 0.0185. The highest BCUT2D eigenvalue weighted by molar-refractivity contribution is 5.93. The predicted molar refractivity (Wildman–Crippen MR) is 121 cm³/mol. The molecule has 31 heavy (non-hydrogen) atoms. The monoisotopic (exact) mass is 420 g/mol. The number of morpholine rings is 1. The molecular weight excluding hydrogens is 392 g/mol. The van der Waals surface area contributed by atoms with E-state index in [1.165, 1.54) is 11.6 Å². The average Bonchev–Trinajstić information content (AvgIpc) is 2.76. The van der Waals surface area contributed by atoms with Gasteiger partial charge in [-0.2, -0.15) is 0 Å². The first-order valence-corrected chi connectivity index (χ1v) is 10.6. The van der Waals surface area contributed by atoms with Crippen LogP contribution in [-0.2, 0) is 4.74 Å². The maximum absolute atomic E-state index is 12.9. The summed E-state index contributed by atoms with van der Waals surface area (Å²) in [4.78, 5) is 27.8. The van der Waals surface area contributed by atoms with Gasteiger partial charge >= 0.3 is 0 Å². The van der Waals surface area contributed by atoms with Gasteiger partial charge in [0.25, 0.3) is 5.91 Å². The van der Waals surface area contributed by atoms with Gasteiger partial charge in [0.2, 0.25) is 0 Å². The van der Waals surface area contributed by atoms with E-state index in [-0.39, 0.29) is 23.1 Å². The van der Waals surface area contributed by atoms with Gasteiger partial charge in [-0.1, -0.05) is 35.9 Å². The first-order valence-electron chi connectivity index (χ1n) is 10.6. The van der Waals surface area contributed by atoms with E-state index < -0.39 is 0 Å². The molecule has 1 amide bonds. The molecule has 0 spiro atoms. The summed E-state index contributed by atoms with van der Waals surface area (Å²) in [5.41, 5.74) is 4.41. The molecule has 1 aromatic heterocycles. The topological polar surface area (TPSA) is 71.8 Å². The Morgan fingerprint density at radius 3 is 2.45 bits per heavy atom. The van der Waals surface area contributed by atoms with Gasteiger partial charge in [0.15, 0.2) is 11.2 Å². The summed E-state index contributed by atoms with van der Waals surface area (Å²) in [6.45, 7) is 9.24. The summed E-state index contributed by atoms with van der Waals surface area (Å²) < 4.78 is 11.3. The third-order valence-electron chi connectivity index (χ3n) is 5.79. The lowest BCUT2D eigenvalue weighted by molar-refractivity contribution is 0.0161. The van der Waals surface area contributed by atoms with Crippen LogP contribution in [0.25, 0.3) is 11.0 Å². The summed E-state index contributed by atoms with van der Waals surface area (Å²) in [5, 5.41) is 3.48. The van der Waals surface area contributed by atoms with E-state index in [1.807, 2.05) is 19.9 Å². The number of nitrogens with zero attached hydrogens (tertiary/aromatic N) is 1. The van der Waals surface area contributed by atoms with Crippen LogP contribution in [0.5, 0.6) is 0 Å². The minimum Gasteiger partial charge on any atom is -0.450 e. The molecule has 3 aromatic rings. The fourth-order valence-electron chi connectivity index (χ4n) is 4.13. The molecule has 1 atom stereocenters. The molecule has 4 rings (SSSR count). The molecule has 6 heteroatoms. The van der Waals surface area contributed by atoms with E-state index in [0.29, 0.717) is 30.7 Å². The number of benzene rings is 2. The molecule has 0 aliphatic carbocycles. The number of rotatable bonds is 5. The Balaban J connectivity index is 1.57. The predicted octanol–water partition coefficient (Wildman–Crippen LogP) is 3.52. The fraction of sp³-hybridized carbons (Fsp3) is 0.360. The van der Waals surface area contributed by atoms with Gasteiger partial charge < -0.3 is 14.5 Å². The van der Waals surface area contributed by atoms with E-state index in [1.54, 1.807) is 6.07 Å². The molecule has 6 nitrogen and oxygen atoms in total. The molecule has 1 fully saturated rings. The van der Waals surface area contributed by atoms with Crippen molar-refractivity contribution in [2.24, 2.45) is 0 Å². The van der Waals surface area contributed by atoms with Crippen LogP contribution in [-0.4, -0.2) is 43.7 Å². The van der Waals surface area contributed by atoms with Gasteiger partial charge in [0.1, 0.15) is 5.58 Å². The van der Waals surface area contributed by atoms with Crippen LogP contribution in [0, 0.1) is 20.8 Å². The van der Waals surface area contributed by atoms with Crippen molar-refractivity contribution in [3.8, 4) is 0 Å². The van der Waals surface area contributed by atoms with Gasteiger partial charge in [0, 0.05) is 25.7 Å². The Kier molecular flexibility index (Phi) is 6.20. The average molecular weight is 421 g/mol. The zero-order valence-electron chi connectivity index (χ0n) is 18.2. The van der Waals surface area contributed by atoms with Crippen molar-refractivity contribution < 1.29 is 13.9 Å². The number of carbonyl (C=O) groups excluding carboxylic acids is 1. The molecule has 0 bridgehead atoms. The van der Waals surface area contributed by atoms with E-state index in [0.717, 1.165) is 29.8 Å². The molecule has 2 aromatic carbocycles. The highest BCUT2D eigenvalue weighted by Gasteiger charge is 2.24. The standard InChI is InChI=1S/C25H28N2O4/c1-16-4-6-19(7-5-16)21(27-8-10-30-11-9-27)15-26-25(29)23-14-22(28)20-13-17(2)12-18(3)24(20)31-23/h4-7,12-14,21H,8-11,15H2,1-3H3,(H,26,29)/t21-/m0/s1. The third kappa shape index (κ3) is 4.70. The van der Waals surface area contributed by atoms with Crippen molar-refractivity contribution in [1.82, 2.24) is 10.2 Å². The van der Waals surface area contributed by atoms with Crippen molar-refractivity contribution in [2.75, 3.05) is 32.8 Å². The van der Waals surface area contributed by atoms with Crippen molar-refractivity contribution >= 4 is 16.9 Å². The molecule has 0 radical (unpaired) electrons. The van der Waals surface area contributed by atoms with E-state index in [9.17, 15) is 9.59 Å². The van der Waals surface area contributed by atoms with Gasteiger partial charge in [-0.15, -0.1) is 0 Å². The van der Waals surface area contributed by atoms with Crippen LogP contribution in [0.2, 0.25) is 0 Å². The lowest BCUT2D eigenvalue weighted by Gasteiger charge is -2.35. The highest BCUT2D eigenvalue weighted by Crippen LogP contribution is 2.23. The highest BCUT2D eigenvalue weighted by atomic mass is 16.5. The number of hydrogen-bond acceptors (Lipinski definition) is 5. The van der Waals surface area contributed by atoms with Crippen molar-refractivity contribution in [3.05, 3.63) is 80.7 Å². The number of ether oxygens (including phenoxy) is 1. The Bertz CT molecular complexity index is 1140. The number of aryl methyl sites for hydroxylation is 3. The summed E-state index contributed by atoms with van der Waals surface area (Å²) in [5.74, 6) is -0.349. The van der Waals surface area contributed by atoms with Crippen LogP contribution in [0.1, 0.15) is 38.9 Å². The quantitative estimate of drug-likeness (QED) is 0.684. The summed E-state index contributed by atoms with van der Waals surface area (Å²) >= 11 is 0. The zero-order chi connectivity index (χ0) is 22.0. The fourth-order valence-corrected chi connectivity index (χ4v) is 4.13. The minimum atomic E-state index is -0.385. The van der Waals surface area contributed by atoms with Crippen molar-refractivity contribution in [3.63, 3.8) is 0 Å². The van der Waals surface area contributed by atoms with E-state index in [4.69, 9.17) is 9.15 Å². The largest absolute Gasteiger partial charge is 0.450 e. The number of nitrogens with one attached hydrogen (secondary N) is 1. The normalized spacial score (nSPS) is 15.7. The maximum Gasteiger partial charge on any atom is 0.287 e. The summed E-state index contributed by atoms with van der Waals surface area (Å²) in [6.07, 6.45) is 0.